The third-order valence-corrected chi connectivity index (χ3v) is 3.19. The molecule has 1 rings (SSSR count). The minimum Gasteiger partial charge on any atom is -0.301 e. The smallest absolute Gasteiger partial charge is 0.162 e. The summed E-state index contributed by atoms with van der Waals surface area (Å²) >= 11 is 0. The number of benzene rings is 1. The van der Waals surface area contributed by atoms with Crippen LogP contribution in [0.25, 0.3) is 0 Å². The second kappa shape index (κ2) is 8.04. The lowest BCUT2D eigenvalue weighted by atomic mass is 10.1. The lowest BCUT2D eigenvalue weighted by molar-refractivity contribution is 0.0971. The summed E-state index contributed by atoms with van der Waals surface area (Å²) in [6.07, 6.45) is 2.77. The molecular weight excluding hydrogens is 222 g/mol. The Balaban J connectivity index is 2.35. The highest BCUT2D eigenvalue weighted by Gasteiger charge is 2.10. The van der Waals surface area contributed by atoms with Crippen LogP contribution in [-0.2, 0) is 0 Å². The van der Waals surface area contributed by atoms with E-state index in [0.29, 0.717) is 12.5 Å². The van der Waals surface area contributed by atoms with Gasteiger partial charge >= 0.3 is 0 Å². The average Bonchev–Trinajstić information content (AvgIpc) is 2.38. The van der Waals surface area contributed by atoms with E-state index >= 15 is 0 Å². The number of ketones is 1. The highest BCUT2D eigenvalue weighted by Crippen LogP contribution is 2.07. The maximum absolute atomic E-state index is 11.9. The van der Waals surface area contributed by atoms with Gasteiger partial charge in [0.25, 0.3) is 0 Å². The van der Waals surface area contributed by atoms with E-state index in [1.165, 1.54) is 6.42 Å². The van der Waals surface area contributed by atoms with E-state index in [-0.39, 0.29) is 5.78 Å². The van der Waals surface area contributed by atoms with E-state index in [0.717, 1.165) is 25.1 Å². The normalized spacial score (nSPS) is 11.2. The van der Waals surface area contributed by atoms with Crippen molar-refractivity contribution in [3.05, 3.63) is 35.9 Å². The van der Waals surface area contributed by atoms with Crippen LogP contribution >= 0.6 is 0 Å². The summed E-state index contributed by atoms with van der Waals surface area (Å²) in [7, 11) is 0. The minimum atomic E-state index is 0.260. The van der Waals surface area contributed by atoms with Gasteiger partial charge in [-0.05, 0) is 39.8 Å². The average molecular weight is 247 g/mol. The molecule has 2 heteroatoms. The lowest BCUT2D eigenvalue weighted by Gasteiger charge is -2.25. The van der Waals surface area contributed by atoms with Crippen molar-refractivity contribution < 1.29 is 4.79 Å². The van der Waals surface area contributed by atoms with Gasteiger partial charge in [0.2, 0.25) is 0 Å². The second-order valence-corrected chi connectivity index (χ2v) is 5.02. The number of hydrogen-bond donors (Lipinski definition) is 0. The summed E-state index contributed by atoms with van der Waals surface area (Å²) < 4.78 is 0. The van der Waals surface area contributed by atoms with Gasteiger partial charge in [0, 0.05) is 18.0 Å². The van der Waals surface area contributed by atoms with Crippen molar-refractivity contribution in [1.29, 1.82) is 0 Å². The first kappa shape index (κ1) is 14.9. The maximum atomic E-state index is 11.9. The molecule has 0 aliphatic rings. The Hall–Kier alpha value is -1.15. The monoisotopic (exact) mass is 247 g/mol. The molecule has 0 atom stereocenters. The summed E-state index contributed by atoms with van der Waals surface area (Å²) in [5, 5.41) is 0. The predicted molar refractivity (Wildman–Crippen MR) is 77.0 cm³/mol. The first-order valence-electron chi connectivity index (χ1n) is 6.97. The van der Waals surface area contributed by atoms with Gasteiger partial charge in [-0.2, -0.15) is 0 Å². The van der Waals surface area contributed by atoms with Crippen molar-refractivity contribution in [1.82, 2.24) is 4.90 Å². The van der Waals surface area contributed by atoms with Crippen molar-refractivity contribution >= 4 is 5.78 Å². The van der Waals surface area contributed by atoms with Gasteiger partial charge in [-0.1, -0.05) is 37.3 Å². The Bertz CT molecular complexity index is 345. The van der Waals surface area contributed by atoms with Crippen molar-refractivity contribution in [2.75, 3.05) is 13.1 Å². The molecule has 0 unspecified atom stereocenters. The first-order chi connectivity index (χ1) is 8.65. The molecule has 0 amide bonds. The molecule has 0 spiro atoms. The summed E-state index contributed by atoms with van der Waals surface area (Å²) in [5.74, 6) is 0.260. The van der Waals surface area contributed by atoms with Crippen LogP contribution in [-0.4, -0.2) is 29.8 Å². The van der Waals surface area contributed by atoms with Crippen LogP contribution in [0.1, 0.15) is 50.4 Å². The van der Waals surface area contributed by atoms with Gasteiger partial charge in [0.05, 0.1) is 0 Å². The Labute approximate surface area is 111 Å². The molecule has 2 nitrogen and oxygen atoms in total. The highest BCUT2D eigenvalue weighted by molar-refractivity contribution is 5.95. The van der Waals surface area contributed by atoms with Gasteiger partial charge in [-0.25, -0.2) is 0 Å². The molecule has 1 aromatic carbocycles. The van der Waals surface area contributed by atoms with Gasteiger partial charge in [0.15, 0.2) is 5.78 Å². The van der Waals surface area contributed by atoms with Crippen LogP contribution in [0.3, 0.4) is 0 Å². The molecule has 0 aliphatic carbocycles. The van der Waals surface area contributed by atoms with Crippen molar-refractivity contribution in [2.45, 2.75) is 46.1 Å². The number of hydrogen-bond acceptors (Lipinski definition) is 2. The maximum Gasteiger partial charge on any atom is 0.162 e. The Morgan fingerprint density at radius 3 is 2.39 bits per heavy atom. The van der Waals surface area contributed by atoms with Crippen LogP contribution < -0.4 is 0 Å². The quantitative estimate of drug-likeness (QED) is 0.652. The minimum absolute atomic E-state index is 0.260. The summed E-state index contributed by atoms with van der Waals surface area (Å²) in [4.78, 5) is 14.4. The van der Waals surface area contributed by atoms with Gasteiger partial charge in [-0.15, -0.1) is 0 Å². The number of rotatable bonds is 8. The Kier molecular flexibility index (Phi) is 6.66. The highest BCUT2D eigenvalue weighted by atomic mass is 16.1. The molecule has 0 bridgehead atoms. The van der Waals surface area contributed by atoms with Crippen LogP contribution in [0.15, 0.2) is 30.3 Å². The summed E-state index contributed by atoms with van der Waals surface area (Å²) in [6.45, 7) is 8.77. The van der Waals surface area contributed by atoms with Gasteiger partial charge in [0.1, 0.15) is 0 Å². The second-order valence-electron chi connectivity index (χ2n) is 5.02. The zero-order valence-electron chi connectivity index (χ0n) is 11.9. The lowest BCUT2D eigenvalue weighted by Crippen LogP contribution is -2.32. The van der Waals surface area contributed by atoms with E-state index in [9.17, 15) is 4.79 Å². The van der Waals surface area contributed by atoms with E-state index in [4.69, 9.17) is 0 Å². The fourth-order valence-electron chi connectivity index (χ4n) is 2.13. The first-order valence-corrected chi connectivity index (χ1v) is 6.97. The van der Waals surface area contributed by atoms with E-state index < -0.39 is 0 Å². The standard InChI is InChI=1S/C16H25NO/c1-4-12-17(14(2)3)13-8-11-16(18)15-9-6-5-7-10-15/h5-7,9-10,14H,4,8,11-13H2,1-3H3. The zero-order valence-corrected chi connectivity index (χ0v) is 11.9. The number of carbonyl (C=O) groups is 1. The third kappa shape index (κ3) is 5.01. The van der Waals surface area contributed by atoms with Crippen LogP contribution in [0.4, 0.5) is 0 Å². The summed E-state index contributed by atoms with van der Waals surface area (Å²) in [6, 6.07) is 10.1. The van der Waals surface area contributed by atoms with Crippen LogP contribution in [0.5, 0.6) is 0 Å². The van der Waals surface area contributed by atoms with Crippen LogP contribution in [0.2, 0.25) is 0 Å². The largest absolute Gasteiger partial charge is 0.301 e. The molecule has 1 aromatic rings. The molecule has 100 valence electrons. The fourth-order valence-corrected chi connectivity index (χ4v) is 2.13. The van der Waals surface area contributed by atoms with Crippen LogP contribution in [0, 0.1) is 0 Å². The molecule has 18 heavy (non-hydrogen) atoms. The molecule has 0 saturated heterocycles. The van der Waals surface area contributed by atoms with Crippen molar-refractivity contribution in [3.8, 4) is 0 Å². The molecule has 0 N–H and O–H groups in total. The SMILES string of the molecule is CCCN(CCCC(=O)c1ccccc1)C(C)C. The summed E-state index contributed by atoms with van der Waals surface area (Å²) in [5.41, 5.74) is 0.837. The van der Waals surface area contributed by atoms with Gasteiger partial charge < -0.3 is 4.90 Å². The molecule has 0 radical (unpaired) electrons. The van der Waals surface area contributed by atoms with E-state index in [2.05, 4.69) is 25.7 Å². The fraction of sp³-hybridized carbons (Fsp3) is 0.562. The molecule has 0 heterocycles. The number of carbonyl (C=O) groups excluding carboxylic acids is 1. The topological polar surface area (TPSA) is 20.3 Å². The van der Waals surface area contributed by atoms with Crippen molar-refractivity contribution in [3.63, 3.8) is 0 Å². The van der Waals surface area contributed by atoms with Gasteiger partial charge in [-0.3, -0.25) is 4.79 Å². The van der Waals surface area contributed by atoms with Crippen molar-refractivity contribution in [2.24, 2.45) is 0 Å². The molecule has 0 aliphatic heterocycles. The molecular formula is C16H25NO. The van der Waals surface area contributed by atoms with E-state index in [1.54, 1.807) is 0 Å². The zero-order chi connectivity index (χ0) is 13.4. The molecule has 0 saturated carbocycles. The Morgan fingerprint density at radius 1 is 1.17 bits per heavy atom. The Morgan fingerprint density at radius 2 is 1.83 bits per heavy atom. The molecule has 0 fully saturated rings. The molecule has 0 aromatic heterocycles. The number of Topliss-reactive ketones (excluding diaryl/α,β-unsaturated/α-hetero) is 1. The number of nitrogens with zero attached hydrogens (tertiary/aromatic N) is 1. The predicted octanol–water partition coefficient (Wildman–Crippen LogP) is 3.77. The third-order valence-electron chi connectivity index (χ3n) is 3.19. The van der Waals surface area contributed by atoms with E-state index in [1.807, 2.05) is 30.3 Å².